The van der Waals surface area contributed by atoms with E-state index in [0.717, 1.165) is 13.1 Å². The van der Waals surface area contributed by atoms with Gasteiger partial charge in [0, 0.05) is 29.4 Å². The zero-order chi connectivity index (χ0) is 15.0. The molecule has 1 aromatic rings. The molecule has 1 N–H and O–H groups in total. The second kappa shape index (κ2) is 5.61. The fraction of sp³-hybridized carbons (Fsp3) is 0.688. The third kappa shape index (κ3) is 3.24. The van der Waals surface area contributed by atoms with Gasteiger partial charge in [0.25, 0.3) is 0 Å². The van der Waals surface area contributed by atoms with Crippen LogP contribution in [-0.4, -0.2) is 36.2 Å². The largest absolute Gasteiger partial charge is 0.444 e. The van der Waals surface area contributed by atoms with Crippen LogP contribution in [0.3, 0.4) is 0 Å². The van der Waals surface area contributed by atoms with Gasteiger partial charge in [-0.1, -0.05) is 0 Å². The Labute approximate surface area is 130 Å². The van der Waals surface area contributed by atoms with Crippen LogP contribution in [-0.2, 0) is 17.6 Å². The Kier molecular flexibility index (Phi) is 3.97. The van der Waals surface area contributed by atoms with Crippen molar-refractivity contribution in [2.75, 3.05) is 19.6 Å². The lowest BCUT2D eigenvalue weighted by atomic mass is 10.1. The Morgan fingerprint density at radius 3 is 2.95 bits per heavy atom. The molecular weight excluding hydrogens is 284 g/mol. The summed E-state index contributed by atoms with van der Waals surface area (Å²) in [4.78, 5) is 17.2. The maximum absolute atomic E-state index is 12.5. The van der Waals surface area contributed by atoms with Crippen molar-refractivity contribution in [1.29, 1.82) is 0 Å². The zero-order valence-corrected chi connectivity index (χ0v) is 13.9. The Hall–Kier alpha value is -1.07. The van der Waals surface area contributed by atoms with Crippen LogP contribution in [0.1, 0.15) is 48.6 Å². The number of nitrogens with one attached hydrogen (secondary N) is 1. The predicted octanol–water partition coefficient (Wildman–Crippen LogP) is 3.12. The van der Waals surface area contributed by atoms with Crippen LogP contribution in [0.25, 0.3) is 0 Å². The number of thiophene rings is 1. The molecule has 0 bridgehead atoms. The molecular formula is C16H24N2O2S. The highest BCUT2D eigenvalue weighted by atomic mass is 32.1. The number of fused-ring (bicyclic) bond motifs is 1. The zero-order valence-electron chi connectivity index (χ0n) is 13.1. The Bertz CT molecular complexity index is 511. The molecule has 5 heteroatoms. The van der Waals surface area contributed by atoms with E-state index in [1.165, 1.54) is 34.6 Å². The van der Waals surface area contributed by atoms with E-state index in [9.17, 15) is 4.79 Å². The normalized spacial score (nSPS) is 22.2. The van der Waals surface area contributed by atoms with Crippen molar-refractivity contribution in [2.45, 2.75) is 51.7 Å². The smallest absolute Gasteiger partial charge is 0.410 e. The van der Waals surface area contributed by atoms with Crippen molar-refractivity contribution in [3.63, 3.8) is 0 Å². The highest BCUT2D eigenvalue weighted by Crippen LogP contribution is 2.36. The number of hydrogen-bond donors (Lipinski definition) is 1. The minimum atomic E-state index is -0.441. The lowest BCUT2D eigenvalue weighted by Crippen LogP contribution is -2.49. The van der Waals surface area contributed by atoms with Crippen LogP contribution >= 0.6 is 11.3 Å². The summed E-state index contributed by atoms with van der Waals surface area (Å²) < 4.78 is 5.57. The van der Waals surface area contributed by atoms with Crippen LogP contribution in [0.4, 0.5) is 4.79 Å². The van der Waals surface area contributed by atoms with E-state index < -0.39 is 5.60 Å². The van der Waals surface area contributed by atoms with E-state index in [-0.39, 0.29) is 12.1 Å². The van der Waals surface area contributed by atoms with Crippen LogP contribution in [0.2, 0.25) is 0 Å². The second-order valence-corrected chi connectivity index (χ2v) is 8.01. The number of aryl methyl sites for hydroxylation is 2. The molecule has 0 aromatic carbocycles. The Morgan fingerprint density at radius 1 is 1.43 bits per heavy atom. The summed E-state index contributed by atoms with van der Waals surface area (Å²) in [6.07, 6.45) is 3.48. The minimum Gasteiger partial charge on any atom is -0.444 e. The quantitative estimate of drug-likeness (QED) is 0.866. The molecule has 1 aliphatic heterocycles. The van der Waals surface area contributed by atoms with Crippen molar-refractivity contribution in [1.82, 2.24) is 10.2 Å². The van der Waals surface area contributed by atoms with Crippen molar-refractivity contribution in [3.05, 3.63) is 21.4 Å². The Morgan fingerprint density at radius 2 is 2.24 bits per heavy atom. The minimum absolute atomic E-state index is 0.115. The third-order valence-electron chi connectivity index (χ3n) is 3.97. The van der Waals surface area contributed by atoms with E-state index in [2.05, 4.69) is 11.4 Å². The molecule has 1 saturated heterocycles. The fourth-order valence-corrected chi connectivity index (χ4v) is 4.38. The van der Waals surface area contributed by atoms with Crippen LogP contribution in [0, 0.1) is 0 Å². The molecule has 21 heavy (non-hydrogen) atoms. The van der Waals surface area contributed by atoms with Crippen molar-refractivity contribution in [3.8, 4) is 0 Å². The Balaban J connectivity index is 1.79. The summed E-state index contributed by atoms with van der Waals surface area (Å²) in [5, 5.41) is 3.40. The van der Waals surface area contributed by atoms with Gasteiger partial charge in [0.2, 0.25) is 0 Å². The van der Waals surface area contributed by atoms with Crippen LogP contribution in [0.5, 0.6) is 0 Å². The van der Waals surface area contributed by atoms with Gasteiger partial charge in [-0.2, -0.15) is 0 Å². The van der Waals surface area contributed by atoms with Crippen LogP contribution < -0.4 is 5.32 Å². The maximum atomic E-state index is 12.5. The maximum Gasteiger partial charge on any atom is 0.410 e. The van der Waals surface area contributed by atoms with Gasteiger partial charge >= 0.3 is 6.09 Å². The molecule has 0 radical (unpaired) electrons. The van der Waals surface area contributed by atoms with Crippen molar-refractivity contribution >= 4 is 17.4 Å². The first kappa shape index (κ1) is 14.9. The number of carbonyl (C=O) groups excluding carboxylic acids is 1. The molecule has 2 aliphatic rings. The van der Waals surface area contributed by atoms with Gasteiger partial charge in [-0.15, -0.1) is 11.3 Å². The number of ether oxygens (including phenoxy) is 1. The van der Waals surface area contributed by atoms with Gasteiger partial charge in [-0.3, -0.25) is 4.90 Å². The topological polar surface area (TPSA) is 41.6 Å². The van der Waals surface area contributed by atoms with E-state index in [4.69, 9.17) is 4.74 Å². The molecule has 0 saturated carbocycles. The summed E-state index contributed by atoms with van der Waals surface area (Å²) in [6.45, 7) is 8.12. The first-order valence-electron chi connectivity index (χ1n) is 7.76. The first-order chi connectivity index (χ1) is 9.94. The van der Waals surface area contributed by atoms with E-state index in [1.807, 2.05) is 37.0 Å². The van der Waals surface area contributed by atoms with Crippen molar-refractivity contribution < 1.29 is 9.53 Å². The second-order valence-electron chi connectivity index (χ2n) is 6.84. The molecule has 1 atom stereocenters. The third-order valence-corrected chi connectivity index (χ3v) is 5.30. The molecule has 1 aliphatic carbocycles. The van der Waals surface area contributed by atoms with Gasteiger partial charge in [0.1, 0.15) is 5.60 Å². The summed E-state index contributed by atoms with van der Waals surface area (Å²) in [7, 11) is 0. The molecule has 1 unspecified atom stereocenters. The molecule has 1 aromatic heterocycles. The van der Waals surface area contributed by atoms with Crippen LogP contribution in [0.15, 0.2) is 6.07 Å². The average Bonchev–Trinajstić information content (AvgIpc) is 2.97. The number of hydrogen-bond acceptors (Lipinski definition) is 4. The van der Waals surface area contributed by atoms with Gasteiger partial charge in [-0.05, 0) is 51.7 Å². The average molecular weight is 308 g/mol. The first-order valence-corrected chi connectivity index (χ1v) is 8.57. The lowest BCUT2D eigenvalue weighted by molar-refractivity contribution is 0.0122. The molecule has 2 heterocycles. The summed E-state index contributed by atoms with van der Waals surface area (Å²) in [5.41, 5.74) is 1.05. The van der Waals surface area contributed by atoms with E-state index >= 15 is 0 Å². The van der Waals surface area contributed by atoms with Gasteiger partial charge in [0.15, 0.2) is 0 Å². The van der Waals surface area contributed by atoms with Gasteiger partial charge in [0.05, 0.1) is 6.04 Å². The van der Waals surface area contributed by atoms with E-state index in [1.54, 1.807) is 0 Å². The van der Waals surface area contributed by atoms with Gasteiger partial charge in [-0.25, -0.2) is 4.79 Å². The van der Waals surface area contributed by atoms with Gasteiger partial charge < -0.3 is 10.1 Å². The SMILES string of the molecule is CC(C)(C)OC(=O)N1CCNCC1c1cc2c(s1)CCC2. The molecule has 116 valence electrons. The highest BCUT2D eigenvalue weighted by molar-refractivity contribution is 7.12. The molecule has 1 fully saturated rings. The summed E-state index contributed by atoms with van der Waals surface area (Å²) in [6, 6.07) is 2.42. The molecule has 1 amide bonds. The lowest BCUT2D eigenvalue weighted by Gasteiger charge is -2.36. The monoisotopic (exact) mass is 308 g/mol. The summed E-state index contributed by atoms with van der Waals surface area (Å²) >= 11 is 1.88. The number of piperazine rings is 1. The van der Waals surface area contributed by atoms with E-state index in [0.29, 0.717) is 6.54 Å². The molecule has 3 rings (SSSR count). The number of nitrogens with zero attached hydrogens (tertiary/aromatic N) is 1. The molecule has 4 nitrogen and oxygen atoms in total. The number of rotatable bonds is 1. The fourth-order valence-electron chi connectivity index (χ4n) is 3.01. The number of carbonyl (C=O) groups is 1. The molecule has 0 spiro atoms. The standard InChI is InChI=1S/C16H24N2O2S/c1-16(2,3)20-15(19)18-8-7-17-10-12(18)14-9-11-5-4-6-13(11)21-14/h9,12,17H,4-8,10H2,1-3H3. The highest BCUT2D eigenvalue weighted by Gasteiger charge is 2.33. The van der Waals surface area contributed by atoms with Crippen molar-refractivity contribution in [2.24, 2.45) is 0 Å². The predicted molar refractivity (Wildman–Crippen MR) is 84.9 cm³/mol. The number of amides is 1. The summed E-state index contributed by atoms with van der Waals surface area (Å²) in [5.74, 6) is 0.